The van der Waals surface area contributed by atoms with E-state index >= 15 is 0 Å². The molecule has 2 heterocycles. The summed E-state index contributed by atoms with van der Waals surface area (Å²) < 4.78 is 37.4. The first-order chi connectivity index (χ1) is 12.0. The molecule has 0 saturated carbocycles. The quantitative estimate of drug-likeness (QED) is 0.627. The van der Waals surface area contributed by atoms with Gasteiger partial charge in [0, 0.05) is 5.56 Å². The van der Waals surface area contributed by atoms with Crippen molar-refractivity contribution in [1.82, 2.24) is 9.78 Å². The minimum Gasteiger partial charge on any atom is -0.461 e. The van der Waals surface area contributed by atoms with Crippen LogP contribution in [-0.4, -0.2) is 15.7 Å². The van der Waals surface area contributed by atoms with Crippen molar-refractivity contribution in [2.24, 2.45) is 0 Å². The average molecular weight is 366 g/mol. The van der Waals surface area contributed by atoms with Crippen molar-refractivity contribution >= 4 is 17.3 Å². The van der Waals surface area contributed by atoms with Crippen molar-refractivity contribution in [3.63, 3.8) is 0 Å². The van der Waals surface area contributed by atoms with Crippen LogP contribution in [0.25, 0.3) is 10.8 Å². The highest BCUT2D eigenvalue weighted by Crippen LogP contribution is 2.21. The van der Waals surface area contributed by atoms with Gasteiger partial charge < -0.3 is 9.15 Å². The number of hydrogen-bond acceptors (Lipinski definition) is 6. The standard InChI is InChI=1S/C16H12F2N2O4S/c17-11-4-1-3-10(14(11)18)9-23-13(21)6-7-20-16(22)24-15(19-20)12-5-2-8-25-12/h1-5,8H,6-7,9H2. The third-order valence-corrected chi connectivity index (χ3v) is 4.14. The summed E-state index contributed by atoms with van der Waals surface area (Å²) in [6.07, 6.45) is -0.159. The van der Waals surface area contributed by atoms with Gasteiger partial charge in [0.15, 0.2) is 11.6 Å². The minimum absolute atomic E-state index is 0.0435. The summed E-state index contributed by atoms with van der Waals surface area (Å²) in [4.78, 5) is 24.1. The maximum absolute atomic E-state index is 13.5. The van der Waals surface area contributed by atoms with E-state index in [1.54, 1.807) is 12.1 Å². The Morgan fingerprint density at radius 1 is 1.28 bits per heavy atom. The molecule has 25 heavy (non-hydrogen) atoms. The fourth-order valence-corrected chi connectivity index (χ4v) is 2.68. The number of carbonyl (C=O) groups is 1. The Morgan fingerprint density at radius 3 is 2.88 bits per heavy atom. The molecule has 130 valence electrons. The number of benzene rings is 1. The highest BCUT2D eigenvalue weighted by atomic mass is 32.1. The van der Waals surface area contributed by atoms with Gasteiger partial charge in [-0.3, -0.25) is 4.79 Å². The van der Waals surface area contributed by atoms with E-state index in [0.717, 1.165) is 10.7 Å². The number of nitrogens with zero attached hydrogens (tertiary/aromatic N) is 2. The number of halogens is 2. The molecular weight excluding hydrogens is 354 g/mol. The lowest BCUT2D eigenvalue weighted by atomic mass is 10.2. The van der Waals surface area contributed by atoms with E-state index in [0.29, 0.717) is 4.88 Å². The minimum atomic E-state index is -1.05. The number of aryl methyl sites for hydroxylation is 1. The van der Waals surface area contributed by atoms with E-state index in [9.17, 15) is 18.4 Å². The van der Waals surface area contributed by atoms with Gasteiger partial charge >= 0.3 is 11.7 Å². The lowest BCUT2D eigenvalue weighted by molar-refractivity contribution is -0.145. The van der Waals surface area contributed by atoms with E-state index in [4.69, 9.17) is 9.15 Å². The maximum atomic E-state index is 13.5. The number of hydrogen-bond donors (Lipinski definition) is 0. The van der Waals surface area contributed by atoms with Gasteiger partial charge in [-0.05, 0) is 17.5 Å². The molecule has 0 amide bonds. The molecule has 0 N–H and O–H groups in total. The fourth-order valence-electron chi connectivity index (χ4n) is 2.03. The predicted molar refractivity (Wildman–Crippen MR) is 84.8 cm³/mol. The Labute approximate surface area is 144 Å². The fraction of sp³-hybridized carbons (Fsp3) is 0.188. The Balaban J connectivity index is 1.56. The summed E-state index contributed by atoms with van der Waals surface area (Å²) >= 11 is 1.36. The Morgan fingerprint density at radius 2 is 2.12 bits per heavy atom. The van der Waals surface area contributed by atoms with Crippen LogP contribution in [0, 0.1) is 11.6 Å². The number of carbonyl (C=O) groups excluding carboxylic acids is 1. The summed E-state index contributed by atoms with van der Waals surface area (Å²) in [5.41, 5.74) is -0.0630. The zero-order chi connectivity index (χ0) is 17.8. The topological polar surface area (TPSA) is 74.3 Å². The van der Waals surface area contributed by atoms with Crippen LogP contribution in [0.4, 0.5) is 8.78 Å². The van der Waals surface area contributed by atoms with Gasteiger partial charge in [-0.1, -0.05) is 18.2 Å². The Hall–Kier alpha value is -2.81. The molecular formula is C16H12F2N2O4S. The summed E-state index contributed by atoms with van der Waals surface area (Å²) in [7, 11) is 0. The van der Waals surface area contributed by atoms with Crippen LogP contribution >= 0.6 is 11.3 Å². The smallest absolute Gasteiger partial charge is 0.437 e. The monoisotopic (exact) mass is 366 g/mol. The zero-order valence-corrected chi connectivity index (χ0v) is 13.6. The second kappa shape index (κ2) is 7.39. The highest BCUT2D eigenvalue weighted by molar-refractivity contribution is 7.13. The van der Waals surface area contributed by atoms with Crippen LogP contribution < -0.4 is 5.76 Å². The Kier molecular flexibility index (Phi) is 5.03. The van der Waals surface area contributed by atoms with Gasteiger partial charge in [0.1, 0.15) is 6.61 Å². The first kappa shape index (κ1) is 17.0. The molecule has 0 unspecified atom stereocenters. The molecule has 0 aliphatic rings. The molecule has 0 bridgehead atoms. The number of thiophene rings is 1. The van der Waals surface area contributed by atoms with Crippen molar-refractivity contribution in [3.8, 4) is 10.8 Å². The van der Waals surface area contributed by atoms with Crippen molar-refractivity contribution in [2.45, 2.75) is 19.6 Å². The molecule has 0 fully saturated rings. The second-order valence-corrected chi connectivity index (χ2v) is 5.94. The van der Waals surface area contributed by atoms with Crippen LogP contribution in [-0.2, 0) is 22.7 Å². The summed E-state index contributed by atoms with van der Waals surface area (Å²) in [6.45, 7) is -0.436. The first-order valence-electron chi connectivity index (χ1n) is 7.25. The SMILES string of the molecule is O=C(CCn1nc(-c2cccs2)oc1=O)OCc1cccc(F)c1F. The van der Waals surface area contributed by atoms with E-state index in [1.165, 1.54) is 23.5 Å². The number of rotatable bonds is 6. The first-order valence-corrected chi connectivity index (χ1v) is 8.13. The van der Waals surface area contributed by atoms with Gasteiger partial charge in [-0.15, -0.1) is 16.4 Å². The van der Waals surface area contributed by atoms with Gasteiger partial charge in [-0.2, -0.15) is 4.68 Å². The van der Waals surface area contributed by atoms with Crippen molar-refractivity contribution in [1.29, 1.82) is 0 Å². The largest absolute Gasteiger partial charge is 0.461 e. The average Bonchev–Trinajstić information content (AvgIpc) is 3.24. The van der Waals surface area contributed by atoms with Crippen molar-refractivity contribution in [3.05, 3.63) is 63.5 Å². The number of esters is 1. The molecule has 0 atom stereocenters. The molecule has 0 aliphatic heterocycles. The van der Waals surface area contributed by atoms with Crippen LogP contribution in [0.2, 0.25) is 0 Å². The lowest BCUT2D eigenvalue weighted by Crippen LogP contribution is -2.19. The molecule has 6 nitrogen and oxygen atoms in total. The third-order valence-electron chi connectivity index (χ3n) is 3.29. The molecule has 0 spiro atoms. The number of aromatic nitrogens is 2. The molecule has 0 radical (unpaired) electrons. The van der Waals surface area contributed by atoms with Crippen molar-refractivity contribution < 1.29 is 22.7 Å². The van der Waals surface area contributed by atoms with Gasteiger partial charge in [0.05, 0.1) is 17.8 Å². The van der Waals surface area contributed by atoms with Gasteiger partial charge in [0.25, 0.3) is 5.89 Å². The molecule has 9 heteroatoms. The highest BCUT2D eigenvalue weighted by Gasteiger charge is 2.14. The molecule has 3 aromatic rings. The van der Waals surface area contributed by atoms with E-state index in [2.05, 4.69) is 5.10 Å². The van der Waals surface area contributed by atoms with E-state index < -0.39 is 30.0 Å². The van der Waals surface area contributed by atoms with E-state index in [-0.39, 0.29) is 24.4 Å². The van der Waals surface area contributed by atoms with Crippen LogP contribution in [0.1, 0.15) is 12.0 Å². The molecule has 1 aromatic carbocycles. The molecule has 2 aromatic heterocycles. The Bertz CT molecular complexity index is 934. The van der Waals surface area contributed by atoms with Gasteiger partial charge in [0.2, 0.25) is 0 Å². The van der Waals surface area contributed by atoms with Crippen LogP contribution in [0.5, 0.6) is 0 Å². The number of ether oxygens (including phenoxy) is 1. The molecule has 0 aliphatic carbocycles. The summed E-state index contributed by atoms with van der Waals surface area (Å²) in [5.74, 6) is -3.24. The van der Waals surface area contributed by atoms with Crippen LogP contribution in [0.15, 0.2) is 44.9 Å². The third kappa shape index (κ3) is 4.00. The lowest BCUT2D eigenvalue weighted by Gasteiger charge is -2.06. The van der Waals surface area contributed by atoms with Gasteiger partial charge in [-0.25, -0.2) is 13.6 Å². The second-order valence-electron chi connectivity index (χ2n) is 5.00. The normalized spacial score (nSPS) is 10.8. The molecule has 3 rings (SSSR count). The summed E-state index contributed by atoms with van der Waals surface area (Å²) in [6, 6.07) is 7.16. The maximum Gasteiger partial charge on any atom is 0.437 e. The molecule has 0 saturated heterocycles. The predicted octanol–water partition coefficient (Wildman–Crippen LogP) is 2.98. The summed E-state index contributed by atoms with van der Waals surface area (Å²) in [5, 5.41) is 5.82. The van der Waals surface area contributed by atoms with Crippen molar-refractivity contribution in [2.75, 3.05) is 0 Å². The van der Waals surface area contributed by atoms with Crippen LogP contribution in [0.3, 0.4) is 0 Å². The zero-order valence-electron chi connectivity index (χ0n) is 12.8. The van der Waals surface area contributed by atoms with E-state index in [1.807, 2.05) is 5.38 Å².